The van der Waals surface area contributed by atoms with E-state index in [0.717, 1.165) is 19.6 Å². The summed E-state index contributed by atoms with van der Waals surface area (Å²) in [5.74, 6) is 1.15. The van der Waals surface area contributed by atoms with Crippen LogP contribution in [0.25, 0.3) is 0 Å². The normalized spacial score (nSPS) is 28.4. The zero-order valence-electron chi connectivity index (χ0n) is 7.25. The maximum Gasteiger partial charge on any atom is 0.0494 e. The molecule has 0 aliphatic carbocycles. The van der Waals surface area contributed by atoms with E-state index < -0.39 is 0 Å². The Morgan fingerprint density at radius 1 is 1.64 bits per heavy atom. The van der Waals surface area contributed by atoms with Crippen molar-refractivity contribution in [2.24, 2.45) is 11.8 Å². The fourth-order valence-corrected chi connectivity index (χ4v) is 1.64. The first-order valence-electron chi connectivity index (χ1n) is 4.51. The largest absolute Gasteiger partial charge is 0.396 e. The highest BCUT2D eigenvalue weighted by atomic mass is 16.5. The van der Waals surface area contributed by atoms with Crippen molar-refractivity contribution in [3.05, 3.63) is 0 Å². The van der Waals surface area contributed by atoms with Gasteiger partial charge in [-0.15, -0.1) is 0 Å². The van der Waals surface area contributed by atoms with Crippen LogP contribution >= 0.6 is 0 Å². The van der Waals surface area contributed by atoms with Gasteiger partial charge in [-0.3, -0.25) is 0 Å². The van der Waals surface area contributed by atoms with E-state index in [9.17, 15) is 0 Å². The molecule has 1 rings (SSSR count). The Morgan fingerprint density at radius 2 is 2.45 bits per heavy atom. The molecule has 66 valence electrons. The van der Waals surface area contributed by atoms with Crippen LogP contribution in [0.5, 0.6) is 0 Å². The topological polar surface area (TPSA) is 29.5 Å². The van der Waals surface area contributed by atoms with Crippen LogP contribution in [0.4, 0.5) is 0 Å². The van der Waals surface area contributed by atoms with Crippen molar-refractivity contribution in [2.45, 2.75) is 26.2 Å². The van der Waals surface area contributed by atoms with E-state index in [0.29, 0.717) is 18.4 Å². The summed E-state index contributed by atoms with van der Waals surface area (Å²) in [7, 11) is 0. The SMILES string of the molecule is CC(CO)CC1CCCOC1. The molecule has 0 aromatic heterocycles. The lowest BCUT2D eigenvalue weighted by Crippen LogP contribution is -2.20. The molecule has 2 nitrogen and oxygen atoms in total. The van der Waals surface area contributed by atoms with Crippen LogP contribution in [-0.2, 0) is 4.74 Å². The van der Waals surface area contributed by atoms with Gasteiger partial charge in [0.1, 0.15) is 0 Å². The van der Waals surface area contributed by atoms with Gasteiger partial charge in [-0.25, -0.2) is 0 Å². The van der Waals surface area contributed by atoms with Gasteiger partial charge in [0, 0.05) is 19.8 Å². The fraction of sp³-hybridized carbons (Fsp3) is 1.00. The van der Waals surface area contributed by atoms with E-state index in [4.69, 9.17) is 9.84 Å². The van der Waals surface area contributed by atoms with Gasteiger partial charge in [0.2, 0.25) is 0 Å². The first-order valence-corrected chi connectivity index (χ1v) is 4.51. The summed E-state index contributed by atoms with van der Waals surface area (Å²) >= 11 is 0. The van der Waals surface area contributed by atoms with Gasteiger partial charge >= 0.3 is 0 Å². The third-order valence-electron chi connectivity index (χ3n) is 2.30. The first kappa shape index (κ1) is 9.01. The molecule has 0 spiro atoms. The van der Waals surface area contributed by atoms with Gasteiger partial charge in [0.25, 0.3) is 0 Å². The molecule has 1 aliphatic heterocycles. The van der Waals surface area contributed by atoms with Gasteiger partial charge in [-0.1, -0.05) is 6.92 Å². The maximum absolute atomic E-state index is 8.82. The van der Waals surface area contributed by atoms with Gasteiger partial charge in [-0.05, 0) is 31.1 Å². The summed E-state index contributed by atoms with van der Waals surface area (Å²) < 4.78 is 5.35. The molecular weight excluding hydrogens is 140 g/mol. The zero-order valence-corrected chi connectivity index (χ0v) is 7.25. The summed E-state index contributed by atoms with van der Waals surface area (Å²) in [6.45, 7) is 4.25. The Hall–Kier alpha value is -0.0800. The van der Waals surface area contributed by atoms with E-state index in [1.54, 1.807) is 0 Å². The lowest BCUT2D eigenvalue weighted by molar-refractivity contribution is 0.0419. The minimum Gasteiger partial charge on any atom is -0.396 e. The predicted octanol–water partition coefficient (Wildman–Crippen LogP) is 1.43. The van der Waals surface area contributed by atoms with Crippen molar-refractivity contribution >= 4 is 0 Å². The summed E-state index contributed by atoms with van der Waals surface area (Å²) in [4.78, 5) is 0. The third-order valence-corrected chi connectivity index (χ3v) is 2.30. The van der Waals surface area contributed by atoms with Crippen LogP contribution in [0.2, 0.25) is 0 Å². The maximum atomic E-state index is 8.82. The number of hydrogen-bond donors (Lipinski definition) is 1. The van der Waals surface area contributed by atoms with E-state index in [-0.39, 0.29) is 0 Å². The fourth-order valence-electron chi connectivity index (χ4n) is 1.64. The Labute approximate surface area is 68.6 Å². The second-order valence-corrected chi connectivity index (χ2v) is 3.61. The van der Waals surface area contributed by atoms with Crippen LogP contribution in [0.15, 0.2) is 0 Å². The van der Waals surface area contributed by atoms with E-state index in [1.807, 2.05) is 0 Å². The van der Waals surface area contributed by atoms with Crippen LogP contribution in [0.1, 0.15) is 26.2 Å². The molecule has 1 aliphatic rings. The van der Waals surface area contributed by atoms with Crippen molar-refractivity contribution in [2.75, 3.05) is 19.8 Å². The Bertz CT molecular complexity index is 97.7. The van der Waals surface area contributed by atoms with Gasteiger partial charge in [-0.2, -0.15) is 0 Å². The third kappa shape index (κ3) is 3.21. The zero-order chi connectivity index (χ0) is 8.10. The molecule has 2 heteroatoms. The number of rotatable bonds is 3. The van der Waals surface area contributed by atoms with Gasteiger partial charge in [0.15, 0.2) is 0 Å². The minimum atomic E-state index is 0.316. The molecule has 1 saturated heterocycles. The highest BCUT2D eigenvalue weighted by Crippen LogP contribution is 2.20. The minimum absolute atomic E-state index is 0.316. The molecule has 2 unspecified atom stereocenters. The Morgan fingerprint density at radius 3 is 3.00 bits per heavy atom. The first-order chi connectivity index (χ1) is 5.33. The van der Waals surface area contributed by atoms with Crippen LogP contribution < -0.4 is 0 Å². The molecule has 0 radical (unpaired) electrons. The molecule has 0 saturated carbocycles. The molecule has 1 fully saturated rings. The molecule has 0 bridgehead atoms. The van der Waals surface area contributed by atoms with E-state index in [1.165, 1.54) is 12.8 Å². The Kier molecular flexibility index (Phi) is 3.87. The molecule has 1 heterocycles. The summed E-state index contributed by atoms with van der Waals surface area (Å²) in [5, 5.41) is 8.82. The van der Waals surface area contributed by atoms with Crippen LogP contribution in [0.3, 0.4) is 0 Å². The number of hydrogen-bond acceptors (Lipinski definition) is 2. The Balaban J connectivity index is 2.13. The molecule has 1 N–H and O–H groups in total. The predicted molar refractivity (Wildman–Crippen MR) is 44.4 cm³/mol. The molecule has 0 aromatic carbocycles. The van der Waals surface area contributed by atoms with Crippen molar-refractivity contribution in [1.82, 2.24) is 0 Å². The quantitative estimate of drug-likeness (QED) is 0.673. The highest BCUT2D eigenvalue weighted by Gasteiger charge is 2.15. The summed E-state index contributed by atoms with van der Waals surface area (Å²) in [6.07, 6.45) is 3.60. The lowest BCUT2D eigenvalue weighted by Gasteiger charge is -2.23. The van der Waals surface area contributed by atoms with Crippen molar-refractivity contribution in [3.8, 4) is 0 Å². The molecule has 11 heavy (non-hydrogen) atoms. The second kappa shape index (κ2) is 4.73. The average Bonchev–Trinajstić information content (AvgIpc) is 2.06. The number of aliphatic hydroxyl groups is 1. The number of aliphatic hydroxyl groups excluding tert-OH is 1. The van der Waals surface area contributed by atoms with Crippen molar-refractivity contribution in [3.63, 3.8) is 0 Å². The molecule has 0 aromatic rings. The van der Waals surface area contributed by atoms with Crippen molar-refractivity contribution in [1.29, 1.82) is 0 Å². The molecule has 0 amide bonds. The second-order valence-electron chi connectivity index (χ2n) is 3.61. The number of ether oxygens (including phenoxy) is 1. The van der Waals surface area contributed by atoms with Gasteiger partial charge in [0.05, 0.1) is 0 Å². The smallest absolute Gasteiger partial charge is 0.0494 e. The van der Waals surface area contributed by atoms with Crippen LogP contribution in [0, 0.1) is 11.8 Å². The highest BCUT2D eigenvalue weighted by molar-refractivity contribution is 4.65. The standard InChI is InChI=1S/C9H18O2/c1-8(6-10)5-9-3-2-4-11-7-9/h8-10H,2-7H2,1H3. The monoisotopic (exact) mass is 158 g/mol. The van der Waals surface area contributed by atoms with Gasteiger partial charge < -0.3 is 9.84 Å². The van der Waals surface area contributed by atoms with E-state index >= 15 is 0 Å². The summed E-state index contributed by atoms with van der Waals surface area (Å²) in [6, 6.07) is 0. The lowest BCUT2D eigenvalue weighted by atomic mass is 9.92. The van der Waals surface area contributed by atoms with Crippen LogP contribution in [-0.4, -0.2) is 24.9 Å². The molecular formula is C9H18O2. The average molecular weight is 158 g/mol. The summed E-state index contributed by atoms with van der Waals surface area (Å²) in [5.41, 5.74) is 0. The van der Waals surface area contributed by atoms with E-state index in [2.05, 4.69) is 6.92 Å². The van der Waals surface area contributed by atoms with Crippen molar-refractivity contribution < 1.29 is 9.84 Å². The molecule has 2 atom stereocenters.